The van der Waals surface area contributed by atoms with Crippen molar-refractivity contribution >= 4 is 28.9 Å². The van der Waals surface area contributed by atoms with Crippen molar-refractivity contribution in [3.8, 4) is 0 Å². The Morgan fingerprint density at radius 1 is 1.62 bits per heavy atom. The van der Waals surface area contributed by atoms with E-state index in [0.29, 0.717) is 5.69 Å². The van der Waals surface area contributed by atoms with Crippen molar-refractivity contribution in [2.45, 2.75) is 6.92 Å². The van der Waals surface area contributed by atoms with Crippen LogP contribution in [0.15, 0.2) is 18.2 Å². The van der Waals surface area contributed by atoms with Crippen LogP contribution in [0.25, 0.3) is 0 Å². The van der Waals surface area contributed by atoms with Gasteiger partial charge in [-0.1, -0.05) is 0 Å². The SMILES string of the molecule is Cc1cc(N)ccc1NC(=O)CCl. The van der Waals surface area contributed by atoms with Gasteiger partial charge in [-0.05, 0) is 30.7 Å². The number of hydrogen-bond acceptors (Lipinski definition) is 2. The zero-order chi connectivity index (χ0) is 9.84. The molecule has 0 bridgehead atoms. The second-order valence-electron chi connectivity index (χ2n) is 2.76. The van der Waals surface area contributed by atoms with Gasteiger partial charge in [0, 0.05) is 11.4 Å². The molecule has 1 aromatic rings. The summed E-state index contributed by atoms with van der Waals surface area (Å²) >= 11 is 5.35. The highest BCUT2D eigenvalue weighted by Crippen LogP contribution is 2.17. The van der Waals surface area contributed by atoms with E-state index in [1.165, 1.54) is 0 Å². The Hall–Kier alpha value is -1.22. The smallest absolute Gasteiger partial charge is 0.239 e. The van der Waals surface area contributed by atoms with Gasteiger partial charge < -0.3 is 11.1 Å². The minimum atomic E-state index is -0.213. The van der Waals surface area contributed by atoms with Crippen LogP contribution < -0.4 is 11.1 Å². The molecule has 0 aliphatic heterocycles. The van der Waals surface area contributed by atoms with E-state index in [1.54, 1.807) is 18.2 Å². The molecule has 0 atom stereocenters. The summed E-state index contributed by atoms with van der Waals surface area (Å²) in [5.74, 6) is -0.251. The Morgan fingerprint density at radius 3 is 2.85 bits per heavy atom. The van der Waals surface area contributed by atoms with Gasteiger partial charge in [0.05, 0.1) is 0 Å². The normalized spacial score (nSPS) is 9.69. The quantitative estimate of drug-likeness (QED) is 0.562. The number of amides is 1. The average molecular weight is 199 g/mol. The highest BCUT2D eigenvalue weighted by molar-refractivity contribution is 6.29. The summed E-state index contributed by atoms with van der Waals surface area (Å²) < 4.78 is 0. The molecule has 0 saturated heterocycles. The van der Waals surface area contributed by atoms with Crippen molar-refractivity contribution < 1.29 is 4.79 Å². The van der Waals surface area contributed by atoms with Gasteiger partial charge in [-0.15, -0.1) is 11.6 Å². The van der Waals surface area contributed by atoms with Gasteiger partial charge in [0.25, 0.3) is 0 Å². The highest BCUT2D eigenvalue weighted by Gasteiger charge is 2.02. The third-order valence-electron chi connectivity index (χ3n) is 1.65. The number of nitrogen functional groups attached to an aromatic ring is 1. The lowest BCUT2D eigenvalue weighted by molar-refractivity contribution is -0.113. The van der Waals surface area contributed by atoms with Gasteiger partial charge in [0.15, 0.2) is 0 Å². The van der Waals surface area contributed by atoms with E-state index >= 15 is 0 Å². The first-order chi connectivity index (χ1) is 6.13. The van der Waals surface area contributed by atoms with Crippen LogP contribution in [-0.2, 0) is 4.79 Å². The van der Waals surface area contributed by atoms with Crippen LogP contribution in [0.4, 0.5) is 11.4 Å². The minimum Gasteiger partial charge on any atom is -0.399 e. The molecule has 0 radical (unpaired) electrons. The molecule has 13 heavy (non-hydrogen) atoms. The zero-order valence-electron chi connectivity index (χ0n) is 7.30. The molecule has 3 N–H and O–H groups in total. The fourth-order valence-electron chi connectivity index (χ4n) is 1.01. The van der Waals surface area contributed by atoms with E-state index in [2.05, 4.69) is 5.32 Å². The summed E-state index contributed by atoms with van der Waals surface area (Å²) in [4.78, 5) is 10.9. The lowest BCUT2D eigenvalue weighted by atomic mass is 10.2. The van der Waals surface area contributed by atoms with Crippen LogP contribution in [0.2, 0.25) is 0 Å². The van der Waals surface area contributed by atoms with E-state index in [9.17, 15) is 4.79 Å². The van der Waals surface area contributed by atoms with E-state index < -0.39 is 0 Å². The van der Waals surface area contributed by atoms with Crippen molar-refractivity contribution in [1.29, 1.82) is 0 Å². The molecule has 1 rings (SSSR count). The molecule has 0 heterocycles. The third-order valence-corrected chi connectivity index (χ3v) is 1.89. The largest absolute Gasteiger partial charge is 0.399 e. The van der Waals surface area contributed by atoms with Gasteiger partial charge in [0.1, 0.15) is 5.88 Å². The maximum atomic E-state index is 10.9. The molecule has 0 aromatic heterocycles. The number of hydrogen-bond donors (Lipinski definition) is 2. The average Bonchev–Trinajstić information content (AvgIpc) is 2.09. The third kappa shape index (κ3) is 2.63. The Morgan fingerprint density at radius 2 is 2.31 bits per heavy atom. The van der Waals surface area contributed by atoms with Crippen LogP contribution in [0.3, 0.4) is 0 Å². The van der Waals surface area contributed by atoms with Crippen LogP contribution in [-0.4, -0.2) is 11.8 Å². The number of carbonyl (C=O) groups is 1. The van der Waals surface area contributed by atoms with Gasteiger partial charge in [-0.25, -0.2) is 0 Å². The van der Waals surface area contributed by atoms with Crippen molar-refractivity contribution in [2.75, 3.05) is 16.9 Å². The van der Waals surface area contributed by atoms with Crippen molar-refractivity contribution in [3.63, 3.8) is 0 Å². The van der Waals surface area contributed by atoms with E-state index in [-0.39, 0.29) is 11.8 Å². The monoisotopic (exact) mass is 198 g/mol. The Kier molecular flexibility index (Phi) is 3.14. The number of benzene rings is 1. The van der Waals surface area contributed by atoms with Crippen molar-refractivity contribution in [3.05, 3.63) is 23.8 Å². The highest BCUT2D eigenvalue weighted by atomic mass is 35.5. The van der Waals surface area contributed by atoms with E-state index in [1.807, 2.05) is 6.92 Å². The summed E-state index contributed by atoms with van der Waals surface area (Å²) in [7, 11) is 0. The van der Waals surface area contributed by atoms with Crippen LogP contribution in [0.1, 0.15) is 5.56 Å². The molecule has 70 valence electrons. The second-order valence-corrected chi connectivity index (χ2v) is 3.02. The summed E-state index contributed by atoms with van der Waals surface area (Å²) in [5.41, 5.74) is 7.91. The standard InChI is InChI=1S/C9H11ClN2O/c1-6-4-7(11)2-3-8(6)12-9(13)5-10/h2-4H,5,11H2,1H3,(H,12,13). The van der Waals surface area contributed by atoms with Gasteiger partial charge in [0.2, 0.25) is 5.91 Å². The first kappa shape index (κ1) is 9.86. The second kappa shape index (κ2) is 4.14. The number of anilines is 2. The summed E-state index contributed by atoms with van der Waals surface area (Å²) in [6, 6.07) is 5.29. The van der Waals surface area contributed by atoms with Gasteiger partial charge in [-0.2, -0.15) is 0 Å². The van der Waals surface area contributed by atoms with Crippen molar-refractivity contribution in [2.24, 2.45) is 0 Å². The lowest BCUT2D eigenvalue weighted by Gasteiger charge is -2.06. The Balaban J connectivity index is 2.83. The van der Waals surface area contributed by atoms with Crippen LogP contribution in [0, 0.1) is 6.92 Å². The molecule has 0 aliphatic rings. The predicted molar refractivity (Wildman–Crippen MR) is 54.9 cm³/mol. The first-order valence-corrected chi connectivity index (χ1v) is 4.39. The number of carbonyl (C=O) groups excluding carboxylic acids is 1. The Labute approximate surface area is 81.9 Å². The number of rotatable bonds is 2. The molecular formula is C9H11ClN2O. The maximum Gasteiger partial charge on any atom is 0.239 e. The van der Waals surface area contributed by atoms with E-state index in [0.717, 1.165) is 11.3 Å². The molecule has 0 aliphatic carbocycles. The molecule has 1 aromatic carbocycles. The molecular weight excluding hydrogens is 188 g/mol. The number of halogens is 1. The predicted octanol–water partition coefficient (Wildman–Crippen LogP) is 1.75. The number of nitrogens with two attached hydrogens (primary N) is 1. The molecule has 3 nitrogen and oxygen atoms in total. The van der Waals surface area contributed by atoms with Gasteiger partial charge in [-0.3, -0.25) is 4.79 Å². The maximum absolute atomic E-state index is 10.9. The molecule has 0 unspecified atom stereocenters. The van der Waals surface area contributed by atoms with Gasteiger partial charge >= 0.3 is 0 Å². The first-order valence-electron chi connectivity index (χ1n) is 3.85. The number of aryl methyl sites for hydroxylation is 1. The fraction of sp³-hybridized carbons (Fsp3) is 0.222. The van der Waals surface area contributed by atoms with Crippen LogP contribution >= 0.6 is 11.6 Å². The fourth-order valence-corrected chi connectivity index (χ4v) is 1.08. The molecule has 1 amide bonds. The molecule has 0 saturated carbocycles. The Bertz CT molecular complexity index is 325. The summed E-state index contributed by atoms with van der Waals surface area (Å²) in [6.45, 7) is 1.88. The zero-order valence-corrected chi connectivity index (χ0v) is 8.06. The van der Waals surface area contributed by atoms with E-state index in [4.69, 9.17) is 17.3 Å². The number of alkyl halides is 1. The number of nitrogens with one attached hydrogen (secondary N) is 1. The topological polar surface area (TPSA) is 55.1 Å². The lowest BCUT2D eigenvalue weighted by Crippen LogP contribution is -2.13. The minimum absolute atomic E-state index is 0.0379. The molecule has 4 heteroatoms. The van der Waals surface area contributed by atoms with Crippen molar-refractivity contribution in [1.82, 2.24) is 0 Å². The molecule has 0 fully saturated rings. The summed E-state index contributed by atoms with van der Waals surface area (Å²) in [5, 5.41) is 2.66. The molecule has 0 spiro atoms. The summed E-state index contributed by atoms with van der Waals surface area (Å²) in [6.07, 6.45) is 0. The van der Waals surface area contributed by atoms with Crippen LogP contribution in [0.5, 0.6) is 0 Å².